The smallest absolute Gasteiger partial charge is 0.251 e. The Hall–Kier alpha value is -1.42. The molecule has 0 aromatic heterocycles. The third-order valence-electron chi connectivity index (χ3n) is 2.25. The van der Waals surface area contributed by atoms with Gasteiger partial charge in [0.25, 0.3) is 5.91 Å². The number of alkyl halides is 1. The Morgan fingerprint density at radius 1 is 1.35 bits per heavy atom. The second-order valence-corrected chi connectivity index (χ2v) is 3.91. The highest BCUT2D eigenvalue weighted by Gasteiger charge is 2.12. The van der Waals surface area contributed by atoms with Crippen LogP contribution in [0.15, 0.2) is 18.2 Å². The lowest BCUT2D eigenvalue weighted by atomic mass is 10.2. The van der Waals surface area contributed by atoms with Crippen molar-refractivity contribution in [2.45, 2.75) is 13.0 Å². The molecule has 5 heteroatoms. The van der Waals surface area contributed by atoms with Crippen LogP contribution in [-0.4, -0.2) is 32.0 Å². The topological polar surface area (TPSA) is 47.6 Å². The second kappa shape index (κ2) is 6.35. The minimum Gasteiger partial charge on any atom is -0.493 e. The van der Waals surface area contributed by atoms with E-state index in [1.165, 1.54) is 7.11 Å². The third-order valence-corrected chi connectivity index (χ3v) is 2.72. The molecule has 1 rings (SSSR count). The number of amides is 1. The van der Waals surface area contributed by atoms with Crippen molar-refractivity contribution >= 4 is 17.5 Å². The number of ether oxygens (including phenoxy) is 2. The number of hydrogen-bond acceptors (Lipinski definition) is 3. The number of carbonyl (C=O) groups excluding carboxylic acids is 1. The highest BCUT2D eigenvalue weighted by molar-refractivity contribution is 6.18. The van der Waals surface area contributed by atoms with Gasteiger partial charge in [0.2, 0.25) is 0 Å². The van der Waals surface area contributed by atoms with E-state index in [2.05, 4.69) is 5.32 Å². The molecule has 17 heavy (non-hydrogen) atoms. The predicted octanol–water partition coefficient (Wildman–Crippen LogP) is 2.06. The van der Waals surface area contributed by atoms with E-state index >= 15 is 0 Å². The summed E-state index contributed by atoms with van der Waals surface area (Å²) in [6.07, 6.45) is 0. The highest BCUT2D eigenvalue weighted by atomic mass is 35.5. The lowest BCUT2D eigenvalue weighted by Gasteiger charge is -2.12. The molecule has 0 saturated heterocycles. The van der Waals surface area contributed by atoms with Crippen LogP contribution in [0.1, 0.15) is 17.3 Å². The summed E-state index contributed by atoms with van der Waals surface area (Å²) in [5.41, 5.74) is 0.514. The van der Waals surface area contributed by atoms with Crippen molar-refractivity contribution in [1.82, 2.24) is 5.32 Å². The van der Waals surface area contributed by atoms with Crippen molar-refractivity contribution in [2.24, 2.45) is 0 Å². The van der Waals surface area contributed by atoms with Gasteiger partial charge in [-0.2, -0.15) is 0 Å². The van der Waals surface area contributed by atoms with Crippen LogP contribution in [0, 0.1) is 0 Å². The van der Waals surface area contributed by atoms with Gasteiger partial charge in [-0.25, -0.2) is 0 Å². The first kappa shape index (κ1) is 13.6. The van der Waals surface area contributed by atoms with Gasteiger partial charge in [0.05, 0.1) is 14.2 Å². The number of methoxy groups -OCH3 is 2. The molecule has 0 bridgehead atoms. The number of rotatable bonds is 5. The molecule has 1 aromatic carbocycles. The van der Waals surface area contributed by atoms with Gasteiger partial charge in [-0.05, 0) is 25.1 Å². The van der Waals surface area contributed by atoms with E-state index < -0.39 is 0 Å². The summed E-state index contributed by atoms with van der Waals surface area (Å²) in [4.78, 5) is 11.8. The number of hydrogen-bond donors (Lipinski definition) is 1. The summed E-state index contributed by atoms with van der Waals surface area (Å²) < 4.78 is 10.2. The Bertz CT molecular complexity index is 395. The van der Waals surface area contributed by atoms with Gasteiger partial charge < -0.3 is 14.8 Å². The van der Waals surface area contributed by atoms with E-state index in [0.29, 0.717) is 22.9 Å². The molecule has 0 aliphatic carbocycles. The van der Waals surface area contributed by atoms with Crippen molar-refractivity contribution in [3.63, 3.8) is 0 Å². The molecule has 0 radical (unpaired) electrons. The van der Waals surface area contributed by atoms with E-state index in [1.54, 1.807) is 25.3 Å². The Morgan fingerprint density at radius 2 is 2.00 bits per heavy atom. The summed E-state index contributed by atoms with van der Waals surface area (Å²) in [7, 11) is 3.08. The molecule has 1 atom stereocenters. The van der Waals surface area contributed by atoms with Crippen LogP contribution < -0.4 is 14.8 Å². The third kappa shape index (κ3) is 3.53. The van der Waals surface area contributed by atoms with Gasteiger partial charge in [-0.3, -0.25) is 4.79 Å². The van der Waals surface area contributed by atoms with Gasteiger partial charge in [0, 0.05) is 17.5 Å². The number of halogens is 1. The molecule has 0 aliphatic heterocycles. The molecule has 0 fully saturated rings. The Kier molecular flexibility index (Phi) is 5.10. The summed E-state index contributed by atoms with van der Waals surface area (Å²) in [5, 5.41) is 2.77. The molecule has 4 nitrogen and oxygen atoms in total. The fourth-order valence-electron chi connectivity index (χ4n) is 1.32. The van der Waals surface area contributed by atoms with Crippen LogP contribution in [0.2, 0.25) is 0 Å². The first-order chi connectivity index (χ1) is 8.12. The van der Waals surface area contributed by atoms with Crippen LogP contribution in [0.5, 0.6) is 11.5 Å². The van der Waals surface area contributed by atoms with E-state index in [0.717, 1.165) is 0 Å². The zero-order chi connectivity index (χ0) is 12.8. The fourth-order valence-corrected chi connectivity index (χ4v) is 1.40. The zero-order valence-corrected chi connectivity index (χ0v) is 10.9. The molecule has 0 spiro atoms. The van der Waals surface area contributed by atoms with Crippen LogP contribution in [0.4, 0.5) is 0 Å². The standard InChI is InChI=1S/C12H16ClNO3/c1-8(7-13)14-12(15)9-4-5-10(16-2)11(6-9)17-3/h4-6,8H,7H2,1-3H3,(H,14,15). The van der Waals surface area contributed by atoms with E-state index in [1.807, 2.05) is 6.92 Å². The molecule has 0 saturated carbocycles. The van der Waals surface area contributed by atoms with Gasteiger partial charge in [-0.1, -0.05) is 0 Å². The van der Waals surface area contributed by atoms with Crippen molar-refractivity contribution < 1.29 is 14.3 Å². The Labute approximate surface area is 106 Å². The van der Waals surface area contributed by atoms with Crippen LogP contribution >= 0.6 is 11.6 Å². The molecule has 94 valence electrons. The quantitative estimate of drug-likeness (QED) is 0.822. The maximum atomic E-state index is 11.8. The van der Waals surface area contributed by atoms with E-state index in [4.69, 9.17) is 21.1 Å². The summed E-state index contributed by atoms with van der Waals surface area (Å²) >= 11 is 5.63. The molecule has 1 aromatic rings. The average Bonchev–Trinajstić information content (AvgIpc) is 2.37. The minimum atomic E-state index is -0.181. The fraction of sp³-hybridized carbons (Fsp3) is 0.417. The van der Waals surface area contributed by atoms with Crippen LogP contribution in [0.25, 0.3) is 0 Å². The SMILES string of the molecule is COc1ccc(C(=O)NC(C)CCl)cc1OC. The van der Waals surface area contributed by atoms with Gasteiger partial charge in [0.15, 0.2) is 11.5 Å². The average molecular weight is 258 g/mol. The summed E-state index contributed by atoms with van der Waals surface area (Å²) in [6, 6.07) is 4.93. The van der Waals surface area contributed by atoms with E-state index in [-0.39, 0.29) is 11.9 Å². The van der Waals surface area contributed by atoms with E-state index in [9.17, 15) is 4.79 Å². The maximum absolute atomic E-state index is 11.8. The molecule has 1 amide bonds. The predicted molar refractivity (Wildman–Crippen MR) is 67.2 cm³/mol. The van der Waals surface area contributed by atoms with Gasteiger partial charge >= 0.3 is 0 Å². The van der Waals surface area contributed by atoms with Crippen molar-refractivity contribution in [1.29, 1.82) is 0 Å². The number of nitrogens with one attached hydrogen (secondary N) is 1. The lowest BCUT2D eigenvalue weighted by Crippen LogP contribution is -2.33. The van der Waals surface area contributed by atoms with Crippen LogP contribution in [0.3, 0.4) is 0 Å². The monoisotopic (exact) mass is 257 g/mol. The lowest BCUT2D eigenvalue weighted by molar-refractivity contribution is 0.0943. The molecule has 1 N–H and O–H groups in total. The second-order valence-electron chi connectivity index (χ2n) is 3.60. The zero-order valence-electron chi connectivity index (χ0n) is 10.1. The van der Waals surface area contributed by atoms with Crippen LogP contribution in [-0.2, 0) is 0 Å². The summed E-state index contributed by atoms with van der Waals surface area (Å²) in [6.45, 7) is 1.84. The molecular weight excluding hydrogens is 242 g/mol. The van der Waals surface area contributed by atoms with Crippen molar-refractivity contribution in [3.8, 4) is 11.5 Å². The highest BCUT2D eigenvalue weighted by Crippen LogP contribution is 2.27. The minimum absolute atomic E-state index is 0.0720. The maximum Gasteiger partial charge on any atom is 0.251 e. The molecule has 0 heterocycles. The van der Waals surface area contributed by atoms with Gasteiger partial charge in [0.1, 0.15) is 0 Å². The first-order valence-corrected chi connectivity index (χ1v) is 5.74. The van der Waals surface area contributed by atoms with Crippen molar-refractivity contribution in [3.05, 3.63) is 23.8 Å². The first-order valence-electron chi connectivity index (χ1n) is 5.21. The Balaban J connectivity index is 2.88. The molecule has 1 unspecified atom stereocenters. The Morgan fingerprint density at radius 3 is 2.53 bits per heavy atom. The number of benzene rings is 1. The normalized spacial score (nSPS) is 11.8. The number of carbonyl (C=O) groups is 1. The van der Waals surface area contributed by atoms with Crippen molar-refractivity contribution in [2.75, 3.05) is 20.1 Å². The summed E-state index contributed by atoms with van der Waals surface area (Å²) in [5.74, 6) is 1.31. The largest absolute Gasteiger partial charge is 0.493 e. The molecular formula is C12H16ClNO3. The van der Waals surface area contributed by atoms with Gasteiger partial charge in [-0.15, -0.1) is 11.6 Å². The molecule has 0 aliphatic rings.